The summed E-state index contributed by atoms with van der Waals surface area (Å²) in [6.45, 7) is 21.5. The third-order valence-electron chi connectivity index (χ3n) is 23.6. The summed E-state index contributed by atoms with van der Waals surface area (Å²) in [4.78, 5) is 4.78. The van der Waals surface area contributed by atoms with Crippen molar-refractivity contribution in [2.45, 2.75) is 63.2 Å². The van der Waals surface area contributed by atoms with Crippen molar-refractivity contribution in [2.24, 2.45) is 0 Å². The number of nitrogens with zero attached hydrogens (tertiary/aromatic N) is 2. The van der Waals surface area contributed by atoms with Gasteiger partial charge in [0.05, 0.1) is 10.8 Å². The summed E-state index contributed by atoms with van der Waals surface area (Å²) in [7, 11) is 0. The van der Waals surface area contributed by atoms with Crippen molar-refractivity contribution in [3.8, 4) is 44.5 Å². The van der Waals surface area contributed by atoms with Gasteiger partial charge < -0.3 is 14.2 Å². The summed E-state index contributed by atoms with van der Waals surface area (Å²) in [5, 5.41) is 6.28. The predicted molar refractivity (Wildman–Crippen MR) is 461 cm³/mol. The first kappa shape index (κ1) is 68.3. The van der Waals surface area contributed by atoms with Crippen LogP contribution in [0.1, 0.15) is 108 Å². The van der Waals surface area contributed by atoms with Crippen LogP contribution in [0.4, 0.5) is 42.9 Å². The molecule has 19 rings (SSSR count). The predicted octanol–water partition coefficient (Wildman–Crippen LogP) is 29.1. The molecule has 0 spiro atoms. The van der Waals surface area contributed by atoms with Crippen molar-refractivity contribution in [3.63, 3.8) is 0 Å². The van der Waals surface area contributed by atoms with Crippen molar-refractivity contribution < 1.29 is 13.2 Å². The average molecular weight is 1440 g/mol. The molecule has 0 radical (unpaired) electrons. The molecule has 16 aromatic carbocycles. The molecule has 0 aliphatic heterocycles. The van der Waals surface area contributed by atoms with E-state index in [1.807, 2.05) is 36.4 Å². The van der Waals surface area contributed by atoms with Crippen LogP contribution in [0.25, 0.3) is 100 Å². The Kier molecular flexibility index (Phi) is 16.2. The molecular formula is C106H80F2N2O. The van der Waals surface area contributed by atoms with Gasteiger partial charge in [0.2, 0.25) is 0 Å². The van der Waals surface area contributed by atoms with E-state index in [1.165, 1.54) is 11.1 Å². The van der Waals surface area contributed by atoms with Crippen LogP contribution in [0.2, 0.25) is 0 Å². The van der Waals surface area contributed by atoms with Crippen LogP contribution in [-0.2, 0) is 21.7 Å². The van der Waals surface area contributed by atoms with Gasteiger partial charge in [-0.2, -0.15) is 0 Å². The number of benzene rings is 16. The number of rotatable bonds is 14. The van der Waals surface area contributed by atoms with Crippen LogP contribution in [-0.4, -0.2) is 0 Å². The van der Waals surface area contributed by atoms with Gasteiger partial charge >= 0.3 is 0 Å². The zero-order chi connectivity index (χ0) is 75.7. The lowest BCUT2D eigenvalue weighted by Crippen LogP contribution is -2.29. The van der Waals surface area contributed by atoms with Gasteiger partial charge in [-0.15, -0.1) is 0 Å². The second-order valence-electron chi connectivity index (χ2n) is 32.0. The highest BCUT2D eigenvalue weighted by Gasteiger charge is 2.48. The van der Waals surface area contributed by atoms with Crippen molar-refractivity contribution >= 4 is 89.8 Å². The molecule has 2 atom stereocenters. The second kappa shape index (κ2) is 26.3. The number of fused-ring (bicyclic) bond motifs is 11. The molecule has 0 amide bonds. The topological polar surface area (TPSA) is 19.6 Å². The van der Waals surface area contributed by atoms with Crippen LogP contribution in [0.5, 0.6) is 0 Å². The van der Waals surface area contributed by atoms with E-state index >= 15 is 8.78 Å². The SMILES string of the molecule is C=Cc1ccc(-c2ccc(C3(c4ccc(F)cc4)c4ccccc4-c4ccc(N(c5ccc(C(C)(C)C)cc5)c5ccc6cc7oc8cc9ccc(N(c%10ccc(C(C)(C)C)cc%10)c%10ccc%11c(c%10)C(c%10ccc(F)cc%10)(c%10ccc(-c%12ccc(C=C)cc%12)cc%10)c%10ccccc%10-%11)cc9cc8c7cc6c5)cc43)cc2)cc1. The van der Waals surface area contributed by atoms with Gasteiger partial charge in [-0.05, 0) is 265 Å². The Bertz CT molecular complexity index is 6140. The summed E-state index contributed by atoms with van der Waals surface area (Å²) in [6.07, 6.45) is 3.74. The van der Waals surface area contributed by atoms with E-state index in [0.717, 1.165) is 178 Å². The van der Waals surface area contributed by atoms with Crippen molar-refractivity contribution in [3.05, 3.63) is 431 Å². The van der Waals surface area contributed by atoms with Gasteiger partial charge in [0.15, 0.2) is 0 Å². The molecule has 1 aromatic heterocycles. The monoisotopic (exact) mass is 1430 g/mol. The summed E-state index contributed by atoms with van der Waals surface area (Å²) >= 11 is 0. The van der Waals surface area contributed by atoms with Crippen molar-refractivity contribution in [1.29, 1.82) is 0 Å². The fourth-order valence-corrected chi connectivity index (χ4v) is 17.9. The molecule has 0 saturated carbocycles. The van der Waals surface area contributed by atoms with Gasteiger partial charge in [0.25, 0.3) is 0 Å². The lowest BCUT2D eigenvalue weighted by atomic mass is 9.67. The number of halogens is 2. The Labute approximate surface area is 647 Å². The largest absolute Gasteiger partial charge is 0.456 e. The molecule has 3 nitrogen and oxygen atoms in total. The maximum absolute atomic E-state index is 15.3. The van der Waals surface area contributed by atoms with E-state index in [4.69, 9.17) is 4.42 Å². The van der Waals surface area contributed by atoms with Crippen LogP contribution in [0.15, 0.2) is 357 Å². The Morgan fingerprint density at radius 2 is 0.595 bits per heavy atom. The van der Waals surface area contributed by atoms with Gasteiger partial charge in [-0.1, -0.05) is 285 Å². The normalized spacial score (nSPS) is 15.0. The van der Waals surface area contributed by atoms with Crippen molar-refractivity contribution in [1.82, 2.24) is 0 Å². The van der Waals surface area contributed by atoms with Crippen LogP contribution in [0.3, 0.4) is 0 Å². The zero-order valence-corrected chi connectivity index (χ0v) is 63.0. The molecule has 0 N–H and O–H groups in total. The van der Waals surface area contributed by atoms with Crippen LogP contribution >= 0.6 is 0 Å². The van der Waals surface area contributed by atoms with Gasteiger partial charge in [0.1, 0.15) is 22.8 Å². The maximum atomic E-state index is 15.3. The molecular weight excluding hydrogens is 1360 g/mol. The molecule has 2 unspecified atom stereocenters. The van der Waals surface area contributed by atoms with Crippen LogP contribution < -0.4 is 9.80 Å². The molecule has 111 heavy (non-hydrogen) atoms. The van der Waals surface area contributed by atoms with Gasteiger partial charge in [-0.3, -0.25) is 0 Å². The fraction of sp³-hybridized carbons (Fsp3) is 0.0943. The van der Waals surface area contributed by atoms with E-state index in [0.29, 0.717) is 0 Å². The second-order valence-corrected chi connectivity index (χ2v) is 32.0. The highest BCUT2D eigenvalue weighted by atomic mass is 19.1. The van der Waals surface area contributed by atoms with Gasteiger partial charge in [-0.25, -0.2) is 8.78 Å². The molecule has 2 aliphatic carbocycles. The molecule has 0 fully saturated rings. The minimum atomic E-state index is -0.816. The van der Waals surface area contributed by atoms with Gasteiger partial charge in [0, 0.05) is 44.9 Å². The average Bonchev–Trinajstić information content (AvgIpc) is 1.55. The lowest BCUT2D eigenvalue weighted by molar-refractivity contribution is 0.590. The third kappa shape index (κ3) is 11.3. The fourth-order valence-electron chi connectivity index (χ4n) is 17.9. The molecule has 2 aliphatic rings. The molecule has 0 bridgehead atoms. The van der Waals surface area contributed by atoms with E-state index in [-0.39, 0.29) is 22.5 Å². The number of hydrogen-bond donors (Lipinski definition) is 0. The molecule has 5 heteroatoms. The summed E-state index contributed by atoms with van der Waals surface area (Å²) in [5.41, 5.74) is 28.1. The minimum Gasteiger partial charge on any atom is -0.456 e. The summed E-state index contributed by atoms with van der Waals surface area (Å²) in [6, 6.07) is 121. The third-order valence-corrected chi connectivity index (χ3v) is 23.6. The quantitative estimate of drug-likeness (QED) is 0.108. The lowest BCUT2D eigenvalue weighted by Gasteiger charge is -2.35. The molecule has 534 valence electrons. The number of furan rings is 1. The Morgan fingerprint density at radius 3 is 0.946 bits per heavy atom. The number of hydrogen-bond acceptors (Lipinski definition) is 3. The first-order valence-corrected chi connectivity index (χ1v) is 38.3. The number of anilines is 6. The first-order chi connectivity index (χ1) is 53.9. The first-order valence-electron chi connectivity index (χ1n) is 38.3. The summed E-state index contributed by atoms with van der Waals surface area (Å²) in [5.74, 6) is -0.564. The van der Waals surface area contributed by atoms with Crippen LogP contribution in [0, 0.1) is 11.6 Å². The van der Waals surface area contributed by atoms with E-state index in [2.05, 4.69) is 356 Å². The Hall–Kier alpha value is -13.2. The molecule has 17 aromatic rings. The Balaban J connectivity index is 0.749. The zero-order valence-electron chi connectivity index (χ0n) is 63.0. The molecule has 0 saturated heterocycles. The standard InChI is InChI=1S/C106H80F2N2O/c1-9-67-19-23-69(24-20-67)71-27-33-79(34-28-71)105(81-37-45-83(107)46-38-81)97-17-13-11-15-91(97)93-57-55-89(65-99(93)105)109(85-51-41-77(42-52-85)103(3,4)5)87-49-31-73-63-101-95(61-75(73)59-87)96-62-76-60-88(50-32-74(76)64-102(96)111-101)110(86-53-43-78(44-54-86)104(6,7)8)90-56-58-94-92-16-12-14-18-98(92)106(100(94)66-90,82-39-47-84(108)48-40-82)80-35-29-72(30-36-80)70-25-21-68(10-2)22-26-70/h9-66H,1-2H2,3-8H3. The van der Waals surface area contributed by atoms with E-state index in [9.17, 15) is 0 Å². The maximum Gasteiger partial charge on any atom is 0.136 e. The highest BCUT2D eigenvalue weighted by Crippen LogP contribution is 2.60. The summed E-state index contributed by atoms with van der Waals surface area (Å²) < 4.78 is 37.6. The van der Waals surface area contributed by atoms with E-state index in [1.54, 1.807) is 24.3 Å². The smallest absolute Gasteiger partial charge is 0.136 e. The highest BCUT2D eigenvalue weighted by molar-refractivity contribution is 6.14. The van der Waals surface area contributed by atoms with Crippen molar-refractivity contribution in [2.75, 3.05) is 9.80 Å². The Morgan fingerprint density at radius 1 is 0.288 bits per heavy atom. The molecule has 1 heterocycles. The van der Waals surface area contributed by atoms with E-state index < -0.39 is 10.8 Å². The minimum absolute atomic E-state index is 0.0687.